The fourth-order valence-electron chi connectivity index (χ4n) is 0.910. The highest BCUT2D eigenvalue weighted by Gasteiger charge is 2.08. The summed E-state index contributed by atoms with van der Waals surface area (Å²) >= 11 is 5.62. The number of hydrogen-bond donors (Lipinski definition) is 1. The lowest BCUT2D eigenvalue weighted by Gasteiger charge is -1.99. The van der Waals surface area contributed by atoms with Gasteiger partial charge >= 0.3 is 5.97 Å². The lowest BCUT2D eigenvalue weighted by molar-refractivity contribution is 0.0690. The zero-order chi connectivity index (χ0) is 9.84. The number of hydrogen-bond acceptors (Lipinski definition) is 3. The molecule has 4 nitrogen and oxygen atoms in total. The van der Waals surface area contributed by atoms with Gasteiger partial charge in [0.15, 0.2) is 5.69 Å². The highest BCUT2D eigenvalue weighted by molar-refractivity contribution is 6.29. The zero-order valence-electron chi connectivity index (χ0n) is 7.12. The van der Waals surface area contributed by atoms with E-state index in [-0.39, 0.29) is 10.8 Å². The second-order valence-electron chi connectivity index (χ2n) is 2.55. The number of aromatic nitrogens is 2. The van der Waals surface area contributed by atoms with Crippen LogP contribution in [0.1, 0.15) is 29.7 Å². The Morgan fingerprint density at radius 3 is 2.85 bits per heavy atom. The molecule has 70 valence electrons. The zero-order valence-corrected chi connectivity index (χ0v) is 7.88. The van der Waals surface area contributed by atoms with Crippen LogP contribution in [0.25, 0.3) is 0 Å². The van der Waals surface area contributed by atoms with Crippen molar-refractivity contribution in [3.63, 3.8) is 0 Å². The molecule has 0 unspecified atom stereocenters. The van der Waals surface area contributed by atoms with Gasteiger partial charge in [-0.25, -0.2) is 14.8 Å². The summed E-state index contributed by atoms with van der Waals surface area (Å²) in [5.74, 6) is -0.603. The van der Waals surface area contributed by atoms with Gasteiger partial charge < -0.3 is 5.11 Å². The van der Waals surface area contributed by atoms with Gasteiger partial charge in [0, 0.05) is 12.5 Å². The Kier molecular flexibility index (Phi) is 3.19. The van der Waals surface area contributed by atoms with Gasteiger partial charge in [0.25, 0.3) is 0 Å². The standard InChI is InChI=1S/C8H9ClN2O2/c1-2-3-7-10-5(8(12)13)4-6(9)11-7/h4H,2-3H2,1H3,(H,12,13). The van der Waals surface area contributed by atoms with E-state index in [9.17, 15) is 4.79 Å². The van der Waals surface area contributed by atoms with Crippen LogP contribution in [0, 0.1) is 0 Å². The van der Waals surface area contributed by atoms with Crippen molar-refractivity contribution >= 4 is 17.6 Å². The maximum absolute atomic E-state index is 10.6. The van der Waals surface area contributed by atoms with Crippen LogP contribution in [0.3, 0.4) is 0 Å². The van der Waals surface area contributed by atoms with Crippen LogP contribution in [0.2, 0.25) is 5.15 Å². The number of carbonyl (C=O) groups is 1. The normalized spacial score (nSPS) is 10.0. The van der Waals surface area contributed by atoms with Gasteiger partial charge in [-0.2, -0.15) is 0 Å². The first-order valence-corrected chi connectivity index (χ1v) is 4.28. The molecule has 0 radical (unpaired) electrons. The predicted octanol–water partition coefficient (Wildman–Crippen LogP) is 1.78. The minimum atomic E-state index is -1.08. The van der Waals surface area contributed by atoms with Crippen LogP contribution in [0.15, 0.2) is 6.07 Å². The monoisotopic (exact) mass is 200 g/mol. The highest BCUT2D eigenvalue weighted by atomic mass is 35.5. The van der Waals surface area contributed by atoms with E-state index >= 15 is 0 Å². The Labute approximate surface area is 80.6 Å². The summed E-state index contributed by atoms with van der Waals surface area (Å²) in [4.78, 5) is 18.3. The molecule has 0 aliphatic carbocycles. The lowest BCUT2D eigenvalue weighted by Crippen LogP contribution is -2.05. The molecular formula is C8H9ClN2O2. The molecule has 5 heteroatoms. The number of aromatic carboxylic acids is 1. The summed E-state index contributed by atoms with van der Waals surface area (Å²) in [6.45, 7) is 1.96. The van der Waals surface area contributed by atoms with E-state index in [1.54, 1.807) is 0 Å². The third-order valence-corrected chi connectivity index (χ3v) is 1.63. The van der Waals surface area contributed by atoms with Crippen molar-refractivity contribution in [1.82, 2.24) is 9.97 Å². The lowest BCUT2D eigenvalue weighted by atomic mass is 10.3. The Morgan fingerprint density at radius 2 is 2.31 bits per heavy atom. The number of carboxylic acid groups (broad SMARTS) is 1. The predicted molar refractivity (Wildman–Crippen MR) is 48.0 cm³/mol. The molecule has 0 fully saturated rings. The maximum atomic E-state index is 10.6. The molecular weight excluding hydrogens is 192 g/mol. The van der Waals surface area contributed by atoms with Gasteiger partial charge in [-0.3, -0.25) is 0 Å². The Morgan fingerprint density at radius 1 is 1.62 bits per heavy atom. The maximum Gasteiger partial charge on any atom is 0.354 e. The second kappa shape index (κ2) is 4.18. The molecule has 0 saturated carbocycles. The average Bonchev–Trinajstić information content (AvgIpc) is 2.03. The van der Waals surface area contributed by atoms with Gasteiger partial charge in [0.05, 0.1) is 0 Å². The van der Waals surface area contributed by atoms with Crippen LogP contribution >= 0.6 is 11.6 Å². The SMILES string of the molecule is CCCc1nc(Cl)cc(C(=O)O)n1. The van der Waals surface area contributed by atoms with Crippen LogP contribution in [0.5, 0.6) is 0 Å². The van der Waals surface area contributed by atoms with Crippen molar-refractivity contribution in [2.75, 3.05) is 0 Å². The third-order valence-electron chi connectivity index (χ3n) is 1.43. The fraction of sp³-hybridized carbons (Fsp3) is 0.375. The van der Waals surface area contributed by atoms with Crippen molar-refractivity contribution in [3.8, 4) is 0 Å². The molecule has 0 saturated heterocycles. The van der Waals surface area contributed by atoms with Crippen molar-refractivity contribution in [2.24, 2.45) is 0 Å². The summed E-state index contributed by atoms with van der Waals surface area (Å²) in [6, 6.07) is 1.24. The molecule has 0 aromatic carbocycles. The van der Waals surface area contributed by atoms with Gasteiger partial charge in [0.2, 0.25) is 0 Å². The van der Waals surface area contributed by atoms with E-state index in [2.05, 4.69) is 9.97 Å². The van der Waals surface area contributed by atoms with Crippen LogP contribution < -0.4 is 0 Å². The van der Waals surface area contributed by atoms with Crippen molar-refractivity contribution in [1.29, 1.82) is 0 Å². The summed E-state index contributed by atoms with van der Waals surface area (Å²) in [6.07, 6.45) is 1.50. The number of aryl methyl sites for hydroxylation is 1. The Bertz CT molecular complexity index is 328. The van der Waals surface area contributed by atoms with E-state index in [0.29, 0.717) is 12.2 Å². The van der Waals surface area contributed by atoms with Crippen molar-refractivity contribution in [2.45, 2.75) is 19.8 Å². The minimum Gasteiger partial charge on any atom is -0.477 e. The van der Waals surface area contributed by atoms with Crippen molar-refractivity contribution in [3.05, 3.63) is 22.7 Å². The van der Waals surface area contributed by atoms with E-state index < -0.39 is 5.97 Å². The van der Waals surface area contributed by atoms with Gasteiger partial charge in [-0.15, -0.1) is 0 Å². The first-order valence-electron chi connectivity index (χ1n) is 3.90. The molecule has 1 heterocycles. The quantitative estimate of drug-likeness (QED) is 0.756. The fourth-order valence-corrected chi connectivity index (χ4v) is 1.11. The molecule has 0 bridgehead atoms. The summed E-state index contributed by atoms with van der Waals surface area (Å²) < 4.78 is 0. The van der Waals surface area contributed by atoms with E-state index in [0.717, 1.165) is 6.42 Å². The van der Waals surface area contributed by atoms with Crippen LogP contribution in [-0.4, -0.2) is 21.0 Å². The number of rotatable bonds is 3. The molecule has 0 aliphatic heterocycles. The molecule has 1 aromatic heterocycles. The van der Waals surface area contributed by atoms with Gasteiger partial charge in [-0.1, -0.05) is 18.5 Å². The van der Waals surface area contributed by atoms with E-state index in [4.69, 9.17) is 16.7 Å². The van der Waals surface area contributed by atoms with Crippen molar-refractivity contribution < 1.29 is 9.90 Å². The number of halogens is 1. The van der Waals surface area contributed by atoms with Gasteiger partial charge in [-0.05, 0) is 6.42 Å². The summed E-state index contributed by atoms with van der Waals surface area (Å²) in [5.41, 5.74) is -0.0524. The van der Waals surface area contributed by atoms with Crippen LogP contribution in [0.4, 0.5) is 0 Å². The number of nitrogens with zero attached hydrogens (tertiary/aromatic N) is 2. The molecule has 1 rings (SSSR count). The Balaban J connectivity index is 3.03. The van der Waals surface area contributed by atoms with Gasteiger partial charge in [0.1, 0.15) is 11.0 Å². The Hall–Kier alpha value is -1.16. The molecule has 1 aromatic rings. The molecule has 13 heavy (non-hydrogen) atoms. The topological polar surface area (TPSA) is 63.1 Å². The molecule has 0 amide bonds. The molecule has 1 N–H and O–H groups in total. The second-order valence-corrected chi connectivity index (χ2v) is 2.93. The summed E-state index contributed by atoms with van der Waals surface area (Å²) in [7, 11) is 0. The van der Waals surface area contributed by atoms with E-state index in [1.165, 1.54) is 6.07 Å². The third kappa shape index (κ3) is 2.66. The average molecular weight is 201 g/mol. The van der Waals surface area contributed by atoms with Crippen LogP contribution in [-0.2, 0) is 6.42 Å². The molecule has 0 aliphatic rings. The smallest absolute Gasteiger partial charge is 0.354 e. The minimum absolute atomic E-state index is 0.0524. The first-order chi connectivity index (χ1) is 6.13. The first kappa shape index (κ1) is 9.92. The molecule has 0 spiro atoms. The largest absolute Gasteiger partial charge is 0.477 e. The number of carboxylic acids is 1. The van der Waals surface area contributed by atoms with E-state index in [1.807, 2.05) is 6.92 Å². The highest BCUT2D eigenvalue weighted by Crippen LogP contribution is 2.08. The molecule has 0 atom stereocenters. The summed E-state index contributed by atoms with van der Waals surface area (Å²) in [5, 5.41) is 8.83.